The summed E-state index contributed by atoms with van der Waals surface area (Å²) in [7, 11) is 0. The molecule has 0 heterocycles. The minimum Gasteiger partial charge on any atom is -0.479 e. The predicted octanol–water partition coefficient (Wildman–Crippen LogP) is 6.13. The van der Waals surface area contributed by atoms with Crippen LogP contribution in [0.25, 0.3) is 0 Å². The van der Waals surface area contributed by atoms with Gasteiger partial charge >= 0.3 is 5.97 Å². The minimum absolute atomic E-state index is 0.0542. The Morgan fingerprint density at radius 2 is 1.42 bits per heavy atom. The largest absolute Gasteiger partial charge is 0.479 e. The summed E-state index contributed by atoms with van der Waals surface area (Å²) in [6.45, 7) is 0. The van der Waals surface area contributed by atoms with E-state index in [1.807, 2.05) is 91.0 Å². The lowest BCUT2D eigenvalue weighted by Gasteiger charge is -2.43. The summed E-state index contributed by atoms with van der Waals surface area (Å²) in [6, 6.07) is 32.2. The molecule has 1 N–H and O–H groups in total. The first-order chi connectivity index (χ1) is 17.5. The number of para-hydroxylation sites is 2. The number of benzene rings is 4. The average molecular weight is 477 g/mol. The molecule has 0 saturated carbocycles. The van der Waals surface area contributed by atoms with Crippen LogP contribution < -0.4 is 4.90 Å². The molecule has 4 aromatic rings. The Labute approximate surface area is 209 Å². The normalized spacial score (nSPS) is 12.2. The zero-order chi connectivity index (χ0) is 25.5. The van der Waals surface area contributed by atoms with E-state index in [9.17, 15) is 20.0 Å². The van der Waals surface area contributed by atoms with Crippen molar-refractivity contribution in [1.82, 2.24) is 0 Å². The molecule has 0 aliphatic heterocycles. The molecule has 0 aromatic heterocycles. The number of carbonyl (C=O) groups is 1. The number of aliphatic carboxylic acids is 1. The van der Waals surface area contributed by atoms with Crippen molar-refractivity contribution in [3.8, 4) is 12.3 Å². The monoisotopic (exact) mass is 476 g/mol. The highest BCUT2D eigenvalue weighted by Crippen LogP contribution is 2.43. The Morgan fingerprint density at radius 1 is 0.889 bits per heavy atom. The molecule has 0 amide bonds. The number of hydrogen-bond acceptors (Lipinski definition) is 4. The highest BCUT2D eigenvalue weighted by molar-refractivity contribution is 5.90. The van der Waals surface area contributed by atoms with E-state index >= 15 is 0 Å². The Hall–Kier alpha value is -4.89. The van der Waals surface area contributed by atoms with Gasteiger partial charge in [-0.15, -0.1) is 12.3 Å². The van der Waals surface area contributed by atoms with Crippen molar-refractivity contribution >= 4 is 23.0 Å². The molecule has 0 bridgehead atoms. The number of nitrogens with zero attached hydrogens (tertiary/aromatic N) is 2. The number of nitro groups is 1. The molecule has 0 aliphatic rings. The number of carboxylic acid groups (broad SMARTS) is 1. The summed E-state index contributed by atoms with van der Waals surface area (Å²) in [5, 5.41) is 23.0. The van der Waals surface area contributed by atoms with Crippen LogP contribution in [0.5, 0.6) is 0 Å². The number of terminal acetylenes is 1. The predicted molar refractivity (Wildman–Crippen MR) is 140 cm³/mol. The molecular formula is C30H24N2O4. The van der Waals surface area contributed by atoms with Crippen molar-refractivity contribution in [2.45, 2.75) is 18.4 Å². The van der Waals surface area contributed by atoms with Crippen molar-refractivity contribution in [2.24, 2.45) is 0 Å². The summed E-state index contributed by atoms with van der Waals surface area (Å²) < 4.78 is 0. The lowest BCUT2D eigenvalue weighted by Crippen LogP contribution is -2.52. The van der Waals surface area contributed by atoms with E-state index in [0.29, 0.717) is 16.9 Å². The molecule has 1 atom stereocenters. The highest BCUT2D eigenvalue weighted by atomic mass is 16.6. The van der Waals surface area contributed by atoms with Crippen molar-refractivity contribution in [3.05, 3.63) is 136 Å². The SMILES string of the molecule is C#CCc1ccc([C@](Cc2ccccc2)(C(=O)O)N(c2ccccc2)c2ccccc2)cc1[N+](=O)[O-]. The molecule has 0 saturated heterocycles. The summed E-state index contributed by atoms with van der Waals surface area (Å²) in [6.07, 6.45) is 5.55. The maximum Gasteiger partial charge on any atom is 0.334 e. The van der Waals surface area contributed by atoms with Gasteiger partial charge in [0.05, 0.1) is 4.92 Å². The second-order valence-electron chi connectivity index (χ2n) is 8.32. The van der Waals surface area contributed by atoms with Gasteiger partial charge in [-0.05, 0) is 35.4 Å². The maximum absolute atomic E-state index is 13.5. The summed E-state index contributed by atoms with van der Waals surface area (Å²) in [4.78, 5) is 26.7. The zero-order valence-corrected chi connectivity index (χ0v) is 19.5. The molecular weight excluding hydrogens is 452 g/mol. The Kier molecular flexibility index (Phi) is 7.12. The number of anilines is 2. The lowest BCUT2D eigenvalue weighted by atomic mass is 9.80. The van der Waals surface area contributed by atoms with E-state index < -0.39 is 16.4 Å². The van der Waals surface area contributed by atoms with Crippen molar-refractivity contribution in [3.63, 3.8) is 0 Å². The molecule has 4 rings (SSSR count). The average Bonchev–Trinajstić information content (AvgIpc) is 2.90. The van der Waals surface area contributed by atoms with Gasteiger partial charge in [-0.1, -0.05) is 78.9 Å². The third-order valence-corrected chi connectivity index (χ3v) is 6.12. The zero-order valence-electron chi connectivity index (χ0n) is 19.5. The van der Waals surface area contributed by atoms with Crippen LogP contribution in [0, 0.1) is 22.5 Å². The Morgan fingerprint density at radius 3 is 1.89 bits per heavy atom. The van der Waals surface area contributed by atoms with Crippen LogP contribution in [0.1, 0.15) is 16.7 Å². The molecule has 0 aliphatic carbocycles. The van der Waals surface area contributed by atoms with Crippen molar-refractivity contribution in [1.29, 1.82) is 0 Å². The first-order valence-corrected chi connectivity index (χ1v) is 11.4. The van der Waals surface area contributed by atoms with Gasteiger partial charge in [0.15, 0.2) is 5.54 Å². The summed E-state index contributed by atoms with van der Waals surface area (Å²) >= 11 is 0. The number of hydrogen-bond donors (Lipinski definition) is 1. The van der Waals surface area contributed by atoms with Crippen LogP contribution in [-0.4, -0.2) is 16.0 Å². The highest BCUT2D eigenvalue weighted by Gasteiger charge is 2.48. The minimum atomic E-state index is -1.72. The van der Waals surface area contributed by atoms with Crippen molar-refractivity contribution in [2.75, 3.05) is 4.90 Å². The second kappa shape index (κ2) is 10.6. The number of carboxylic acids is 1. The number of nitro benzene ring substituents is 1. The van der Waals surface area contributed by atoms with Crippen LogP contribution in [0.4, 0.5) is 17.1 Å². The van der Waals surface area contributed by atoms with E-state index in [1.165, 1.54) is 6.07 Å². The summed E-state index contributed by atoms with van der Waals surface area (Å²) in [5.41, 5.74) is 0.756. The van der Waals surface area contributed by atoms with Gasteiger partial charge in [0, 0.05) is 35.8 Å². The maximum atomic E-state index is 13.5. The van der Waals surface area contributed by atoms with Gasteiger partial charge in [-0.2, -0.15) is 0 Å². The van der Waals surface area contributed by atoms with E-state index in [2.05, 4.69) is 5.92 Å². The fraction of sp³-hybridized carbons (Fsp3) is 0.100. The third kappa shape index (κ3) is 4.68. The van der Waals surface area contributed by atoms with Crippen LogP contribution in [0.15, 0.2) is 109 Å². The van der Waals surface area contributed by atoms with E-state index in [4.69, 9.17) is 6.42 Å². The molecule has 0 spiro atoms. The van der Waals surface area contributed by atoms with Gasteiger partial charge in [-0.3, -0.25) is 10.1 Å². The van der Waals surface area contributed by atoms with Crippen molar-refractivity contribution < 1.29 is 14.8 Å². The number of rotatable bonds is 9. The van der Waals surface area contributed by atoms with Gasteiger partial charge in [0.1, 0.15) is 0 Å². The molecule has 4 aromatic carbocycles. The lowest BCUT2D eigenvalue weighted by molar-refractivity contribution is -0.385. The molecule has 0 radical (unpaired) electrons. The second-order valence-corrected chi connectivity index (χ2v) is 8.32. The molecule has 0 unspecified atom stereocenters. The van der Waals surface area contributed by atoms with Crippen LogP contribution in [0.3, 0.4) is 0 Å². The first-order valence-electron chi connectivity index (χ1n) is 11.4. The fourth-order valence-corrected chi connectivity index (χ4v) is 4.49. The van der Waals surface area contributed by atoms with Gasteiger partial charge < -0.3 is 10.0 Å². The van der Waals surface area contributed by atoms with E-state index in [1.54, 1.807) is 17.0 Å². The van der Waals surface area contributed by atoms with Crippen LogP contribution >= 0.6 is 0 Å². The van der Waals surface area contributed by atoms with E-state index in [-0.39, 0.29) is 24.1 Å². The quantitative estimate of drug-likeness (QED) is 0.178. The molecule has 0 fully saturated rings. The standard InChI is InChI=1S/C30H24N2O4/c1-2-12-24-19-20-25(21-28(24)32(35)36)30(29(33)34,22-23-13-6-3-7-14-23)31(26-15-8-4-9-16-26)27-17-10-5-11-18-27/h1,3-11,13-21H,12,22H2,(H,33,34)/t30-/m1/s1. The third-order valence-electron chi connectivity index (χ3n) is 6.12. The molecule has 36 heavy (non-hydrogen) atoms. The van der Waals surface area contributed by atoms with Gasteiger partial charge in [0.25, 0.3) is 5.69 Å². The topological polar surface area (TPSA) is 83.7 Å². The summed E-state index contributed by atoms with van der Waals surface area (Å²) in [5.74, 6) is 1.30. The van der Waals surface area contributed by atoms with Crippen LogP contribution in [-0.2, 0) is 23.2 Å². The van der Waals surface area contributed by atoms with Gasteiger partial charge in [0.2, 0.25) is 0 Å². The van der Waals surface area contributed by atoms with E-state index in [0.717, 1.165) is 5.56 Å². The Bertz CT molecular complexity index is 1360. The smallest absolute Gasteiger partial charge is 0.334 e. The molecule has 6 heteroatoms. The molecule has 6 nitrogen and oxygen atoms in total. The van der Waals surface area contributed by atoms with Crippen LogP contribution in [0.2, 0.25) is 0 Å². The molecule has 178 valence electrons. The first kappa shape index (κ1) is 24.2. The Balaban J connectivity index is 2.07. The van der Waals surface area contributed by atoms with Gasteiger partial charge in [-0.25, -0.2) is 4.79 Å². The fourth-order valence-electron chi connectivity index (χ4n) is 4.49.